The Kier molecular flexibility index (Phi) is 17.8. The second-order valence-electron chi connectivity index (χ2n) is 11.9. The van der Waals surface area contributed by atoms with Crippen molar-refractivity contribution >= 4 is 35.7 Å². The topological polar surface area (TPSA) is 14.2 Å². The molecule has 0 unspecified atom stereocenters. The van der Waals surface area contributed by atoms with Gasteiger partial charge in [-0.1, -0.05) is 48.6 Å². The second-order valence-corrected chi connectivity index (χ2v) is 11.9. The molecule has 4 rings (SSSR count). The van der Waals surface area contributed by atoms with Crippen LogP contribution in [-0.2, 0) is 13.1 Å². The smallest absolute Gasteiger partial charge is 0.172 e. The third-order valence-corrected chi connectivity index (χ3v) is 8.81. The van der Waals surface area contributed by atoms with Gasteiger partial charge in [0.25, 0.3) is 0 Å². The van der Waals surface area contributed by atoms with E-state index in [1.165, 1.54) is 64.0 Å². The van der Waals surface area contributed by atoms with E-state index < -0.39 is 0 Å². The average molecular weight is 763 g/mol. The highest BCUT2D eigenvalue weighted by atomic mass is 79.9. The molecule has 0 aliphatic heterocycles. The minimum absolute atomic E-state index is 0. The maximum absolute atomic E-state index is 2.37. The predicted molar refractivity (Wildman–Crippen MR) is 194 cm³/mol. The summed E-state index contributed by atoms with van der Waals surface area (Å²) in [7, 11) is 0. The maximum Gasteiger partial charge on any atom is 0.172 e. The van der Waals surface area contributed by atoms with E-state index in [1.807, 2.05) is 0 Å². The van der Waals surface area contributed by atoms with Crippen LogP contribution in [0, 0.1) is 13.8 Å². The molecule has 2 aromatic carbocycles. The van der Waals surface area contributed by atoms with Crippen LogP contribution in [0.2, 0.25) is 0 Å². The van der Waals surface area contributed by atoms with E-state index in [1.54, 1.807) is 0 Å². The maximum atomic E-state index is 2.37. The van der Waals surface area contributed by atoms with E-state index in [0.29, 0.717) is 0 Å². The minimum atomic E-state index is 0. The van der Waals surface area contributed by atoms with Gasteiger partial charge in [-0.25, -0.2) is 9.13 Å². The summed E-state index contributed by atoms with van der Waals surface area (Å²) in [6, 6.07) is 22.2. The first-order valence-electron chi connectivity index (χ1n) is 17.0. The first-order valence-corrected chi connectivity index (χ1v) is 17.0. The molecule has 47 heavy (non-hydrogen) atoms. The van der Waals surface area contributed by atoms with E-state index in [-0.39, 0.29) is 34.0 Å². The second kappa shape index (κ2) is 20.9. The van der Waals surface area contributed by atoms with Crippen LogP contribution in [0.15, 0.2) is 85.5 Å². The molecule has 2 heterocycles. The number of hydrogen-bond donors (Lipinski definition) is 0. The monoisotopic (exact) mass is 760 g/mol. The van der Waals surface area contributed by atoms with Gasteiger partial charge >= 0.3 is 0 Å². The molecule has 4 nitrogen and oxygen atoms in total. The van der Waals surface area contributed by atoms with Crippen molar-refractivity contribution < 1.29 is 43.1 Å². The largest absolute Gasteiger partial charge is 1.00 e. The third-order valence-electron chi connectivity index (χ3n) is 8.81. The van der Waals surface area contributed by atoms with Gasteiger partial charge in [-0.2, -0.15) is 0 Å². The third kappa shape index (κ3) is 12.1. The summed E-state index contributed by atoms with van der Waals surface area (Å²) in [6.07, 6.45) is 21.5. The molecule has 4 aromatic rings. The van der Waals surface area contributed by atoms with Gasteiger partial charge in [0, 0.05) is 73.7 Å². The summed E-state index contributed by atoms with van der Waals surface area (Å²) in [5.41, 5.74) is 10.2. The van der Waals surface area contributed by atoms with Crippen LogP contribution in [-0.4, -0.2) is 26.2 Å². The van der Waals surface area contributed by atoms with Crippen molar-refractivity contribution in [1.29, 1.82) is 0 Å². The molecule has 6 heteroatoms. The fourth-order valence-corrected chi connectivity index (χ4v) is 5.91. The normalized spacial score (nSPS) is 11.0. The Bertz CT molecular complexity index is 1420. The zero-order chi connectivity index (χ0) is 32.0. The first-order chi connectivity index (χ1) is 21.9. The minimum Gasteiger partial charge on any atom is -1.00 e. The Hall–Kier alpha value is -3.22. The van der Waals surface area contributed by atoms with Crippen molar-refractivity contribution in [2.24, 2.45) is 0 Å². The average Bonchev–Trinajstić information content (AvgIpc) is 3.06. The number of unbranched alkanes of at least 4 members (excludes halogenated alkanes) is 2. The summed E-state index contributed by atoms with van der Waals surface area (Å²) in [5, 5.41) is 0. The Balaban J connectivity index is 0.00000384. The lowest BCUT2D eigenvalue weighted by molar-refractivity contribution is -0.701. The van der Waals surface area contributed by atoms with Gasteiger partial charge in [0.05, 0.1) is 0 Å². The molecular formula is C41H54Br2N4. The van der Waals surface area contributed by atoms with Gasteiger partial charge < -0.3 is 43.8 Å². The van der Waals surface area contributed by atoms with Crippen LogP contribution in [0.25, 0.3) is 24.3 Å². The van der Waals surface area contributed by atoms with E-state index in [0.717, 1.165) is 39.3 Å². The number of anilines is 2. The number of rotatable bonds is 16. The highest BCUT2D eigenvalue weighted by Gasteiger charge is 2.08. The van der Waals surface area contributed by atoms with E-state index >= 15 is 0 Å². The molecular weight excluding hydrogens is 708 g/mol. The van der Waals surface area contributed by atoms with Gasteiger partial charge in [0.2, 0.25) is 0 Å². The summed E-state index contributed by atoms with van der Waals surface area (Å²) < 4.78 is 4.67. The number of hydrogen-bond acceptors (Lipinski definition) is 2. The molecule has 0 bridgehead atoms. The van der Waals surface area contributed by atoms with Crippen molar-refractivity contribution in [2.45, 2.75) is 73.9 Å². The molecule has 2 aromatic heterocycles. The molecule has 252 valence electrons. The molecule has 0 amide bonds. The molecule has 0 aliphatic rings. The lowest BCUT2D eigenvalue weighted by Crippen LogP contribution is -3.00. The van der Waals surface area contributed by atoms with Crippen molar-refractivity contribution in [3.8, 4) is 0 Å². The SMILES string of the molecule is CCN(CC)c1ccc(/C=C/c2cc[n+](CCCCC[n+]3ccc(/C=C/c4ccc(N(CC)CC)cc4)c(C)c3)cc2C)cc1.[Br-].[Br-]. The summed E-state index contributed by atoms with van der Waals surface area (Å²) in [6.45, 7) is 19.5. The number of halogens is 2. The molecule has 0 atom stereocenters. The Morgan fingerprint density at radius 1 is 0.489 bits per heavy atom. The lowest BCUT2D eigenvalue weighted by atomic mass is 10.1. The highest BCUT2D eigenvalue weighted by Crippen LogP contribution is 2.19. The van der Waals surface area contributed by atoms with Crippen molar-refractivity contribution in [3.05, 3.63) is 119 Å². The van der Waals surface area contributed by atoms with Gasteiger partial charge in [0.1, 0.15) is 13.1 Å². The molecule has 0 N–H and O–H groups in total. The Morgan fingerprint density at radius 2 is 0.851 bits per heavy atom. The van der Waals surface area contributed by atoms with Crippen LogP contribution in [0.5, 0.6) is 0 Å². The van der Waals surface area contributed by atoms with Crippen molar-refractivity contribution in [2.75, 3.05) is 36.0 Å². The fraction of sp³-hybridized carbons (Fsp3) is 0.366. The summed E-state index contributed by atoms with van der Waals surface area (Å²) >= 11 is 0. The Labute approximate surface area is 306 Å². The quantitative estimate of drug-likeness (QED) is 0.129. The number of aromatic nitrogens is 2. The van der Waals surface area contributed by atoms with E-state index in [2.05, 4.69) is 170 Å². The van der Waals surface area contributed by atoms with Crippen LogP contribution in [0.4, 0.5) is 11.4 Å². The number of aryl methyl sites for hydroxylation is 4. The zero-order valence-electron chi connectivity index (χ0n) is 29.3. The van der Waals surface area contributed by atoms with Gasteiger partial charge in [-0.05, 0) is 94.5 Å². The van der Waals surface area contributed by atoms with Crippen LogP contribution in [0.3, 0.4) is 0 Å². The van der Waals surface area contributed by atoms with E-state index in [9.17, 15) is 0 Å². The number of nitrogens with zero attached hydrogens (tertiary/aromatic N) is 4. The van der Waals surface area contributed by atoms with Gasteiger partial charge in [-0.3, -0.25) is 0 Å². The molecule has 0 saturated carbocycles. The van der Waals surface area contributed by atoms with Gasteiger partial charge in [-0.15, -0.1) is 0 Å². The first kappa shape index (κ1) is 40.0. The lowest BCUT2D eigenvalue weighted by Gasteiger charge is -2.20. The predicted octanol–water partition coefficient (Wildman–Crippen LogP) is 2.79. The molecule has 0 radical (unpaired) electrons. The fourth-order valence-electron chi connectivity index (χ4n) is 5.91. The van der Waals surface area contributed by atoms with Gasteiger partial charge in [0.15, 0.2) is 24.8 Å². The van der Waals surface area contributed by atoms with Crippen LogP contribution >= 0.6 is 0 Å². The summed E-state index contributed by atoms with van der Waals surface area (Å²) in [5.74, 6) is 0. The Morgan fingerprint density at radius 3 is 1.17 bits per heavy atom. The highest BCUT2D eigenvalue weighted by molar-refractivity contribution is 5.72. The van der Waals surface area contributed by atoms with Crippen molar-refractivity contribution in [3.63, 3.8) is 0 Å². The molecule has 0 fully saturated rings. The van der Waals surface area contributed by atoms with Crippen LogP contribution < -0.4 is 52.9 Å². The number of pyridine rings is 2. The van der Waals surface area contributed by atoms with Crippen LogP contribution in [0.1, 0.15) is 80.3 Å². The summed E-state index contributed by atoms with van der Waals surface area (Å²) in [4.78, 5) is 4.75. The van der Waals surface area contributed by atoms with E-state index in [4.69, 9.17) is 0 Å². The number of benzene rings is 2. The molecule has 0 spiro atoms. The van der Waals surface area contributed by atoms with Crippen molar-refractivity contribution in [1.82, 2.24) is 0 Å². The molecule has 0 aliphatic carbocycles. The zero-order valence-corrected chi connectivity index (χ0v) is 32.5. The molecule has 0 saturated heterocycles. The standard InChI is InChI=1S/C41H54N4.2BrH/c1-7-44(8-2)40-22-16-36(17-23-40)14-20-38-26-30-42(32-34(38)5)28-12-11-13-29-43-31-27-39(35(6)33-43)21-15-37-18-24-41(25-19-37)45(9-3)10-4;;/h14-27,30-33H,7-13,28-29H2,1-6H3;2*1H/q+2;;/p-2.